The number of rotatable bonds is 2. The van der Waals surface area contributed by atoms with E-state index in [-0.39, 0.29) is 12.0 Å². The van der Waals surface area contributed by atoms with E-state index < -0.39 is 5.72 Å². The van der Waals surface area contributed by atoms with Crippen LogP contribution in [0, 0.1) is 11.3 Å². The molecule has 164 valence electrons. The molecule has 6 nitrogen and oxygen atoms in total. The lowest BCUT2D eigenvalue weighted by Gasteiger charge is -2.39. The standard InChI is InChI=1S/C27H24N4O2/c1-31-26(29)30-27(33-31)15-25(22-11-9-18-6-2-3-8-21(18)22)32-24-12-10-20(14-23(24)27)19-7-4-5-17(13-19)16-28/h2-8,10,12-14,22,25H,9,11,15H2,1H3,(H2,29,30). The molecule has 2 heterocycles. The van der Waals surface area contributed by atoms with Crippen molar-refractivity contribution in [2.24, 2.45) is 10.7 Å². The number of nitrogens with two attached hydrogens (primary N) is 1. The van der Waals surface area contributed by atoms with Crippen molar-refractivity contribution >= 4 is 5.96 Å². The predicted molar refractivity (Wildman–Crippen MR) is 125 cm³/mol. The van der Waals surface area contributed by atoms with E-state index in [1.807, 2.05) is 30.3 Å². The average molecular weight is 437 g/mol. The summed E-state index contributed by atoms with van der Waals surface area (Å²) in [6, 6.07) is 24.5. The zero-order chi connectivity index (χ0) is 22.6. The first-order valence-corrected chi connectivity index (χ1v) is 11.2. The second-order valence-electron chi connectivity index (χ2n) is 8.95. The molecule has 0 aromatic heterocycles. The van der Waals surface area contributed by atoms with Crippen molar-refractivity contribution in [3.05, 3.63) is 89.0 Å². The topological polar surface area (TPSA) is 83.9 Å². The molecule has 3 aromatic rings. The summed E-state index contributed by atoms with van der Waals surface area (Å²) in [4.78, 5) is 11.1. The van der Waals surface area contributed by atoms with Gasteiger partial charge in [0.25, 0.3) is 0 Å². The molecule has 6 rings (SSSR count). The van der Waals surface area contributed by atoms with Gasteiger partial charge in [0.1, 0.15) is 11.9 Å². The third-order valence-corrected chi connectivity index (χ3v) is 7.02. The van der Waals surface area contributed by atoms with Crippen molar-refractivity contribution in [3.8, 4) is 22.9 Å². The van der Waals surface area contributed by atoms with E-state index >= 15 is 0 Å². The quantitative estimate of drug-likeness (QED) is 0.642. The lowest BCUT2D eigenvalue weighted by Crippen LogP contribution is -2.41. The molecule has 1 aliphatic carbocycles. The Kier molecular flexibility index (Phi) is 4.42. The molecule has 3 unspecified atom stereocenters. The summed E-state index contributed by atoms with van der Waals surface area (Å²) in [5, 5.41) is 10.8. The van der Waals surface area contributed by atoms with Crippen LogP contribution < -0.4 is 10.5 Å². The van der Waals surface area contributed by atoms with E-state index in [0.29, 0.717) is 17.9 Å². The second kappa shape index (κ2) is 7.36. The fourth-order valence-electron chi connectivity index (χ4n) is 5.42. The number of guanidine groups is 1. The normalized spacial score (nSPS) is 25.2. The van der Waals surface area contributed by atoms with Crippen molar-refractivity contribution in [1.29, 1.82) is 5.26 Å². The molecule has 2 N–H and O–H groups in total. The van der Waals surface area contributed by atoms with Gasteiger partial charge in [0, 0.05) is 19.4 Å². The maximum absolute atomic E-state index is 9.30. The smallest absolute Gasteiger partial charge is 0.221 e. The number of fused-ring (bicyclic) bond motifs is 3. The van der Waals surface area contributed by atoms with E-state index in [2.05, 4.69) is 36.4 Å². The van der Waals surface area contributed by atoms with Gasteiger partial charge in [-0.2, -0.15) is 5.26 Å². The summed E-state index contributed by atoms with van der Waals surface area (Å²) in [6.45, 7) is 0. The van der Waals surface area contributed by atoms with E-state index in [0.717, 1.165) is 35.3 Å². The summed E-state index contributed by atoms with van der Waals surface area (Å²) in [7, 11) is 1.78. The van der Waals surface area contributed by atoms with Crippen LogP contribution in [0.2, 0.25) is 0 Å². The number of nitrogens with zero attached hydrogens (tertiary/aromatic N) is 3. The summed E-state index contributed by atoms with van der Waals surface area (Å²) in [5.74, 6) is 1.40. The lowest BCUT2D eigenvalue weighted by atomic mass is 9.84. The Morgan fingerprint density at radius 2 is 1.94 bits per heavy atom. The van der Waals surface area contributed by atoms with Crippen molar-refractivity contribution < 1.29 is 9.57 Å². The van der Waals surface area contributed by atoms with Crippen LogP contribution in [-0.4, -0.2) is 24.2 Å². The first-order chi connectivity index (χ1) is 16.1. The van der Waals surface area contributed by atoms with Gasteiger partial charge in [-0.05, 0) is 59.4 Å². The molecule has 3 aliphatic rings. The molecule has 0 saturated heterocycles. The number of benzene rings is 3. The van der Waals surface area contributed by atoms with Crippen LogP contribution in [0.3, 0.4) is 0 Å². The highest BCUT2D eigenvalue weighted by Gasteiger charge is 2.51. The zero-order valence-electron chi connectivity index (χ0n) is 18.4. The highest BCUT2D eigenvalue weighted by atomic mass is 16.7. The minimum atomic E-state index is -0.933. The summed E-state index contributed by atoms with van der Waals surface area (Å²) in [6.07, 6.45) is 2.60. The molecule has 0 fully saturated rings. The largest absolute Gasteiger partial charge is 0.489 e. The maximum atomic E-state index is 9.30. The molecule has 0 saturated carbocycles. The molecular weight excluding hydrogens is 412 g/mol. The molecule has 3 aromatic carbocycles. The second-order valence-corrected chi connectivity index (χ2v) is 8.95. The van der Waals surface area contributed by atoms with Crippen molar-refractivity contribution in [2.45, 2.75) is 37.0 Å². The van der Waals surface area contributed by atoms with Crippen LogP contribution in [0.15, 0.2) is 71.7 Å². The predicted octanol–water partition coefficient (Wildman–Crippen LogP) is 4.45. The van der Waals surface area contributed by atoms with Crippen molar-refractivity contribution in [3.63, 3.8) is 0 Å². The summed E-state index contributed by atoms with van der Waals surface area (Å²) >= 11 is 0. The average Bonchev–Trinajstić information content (AvgIpc) is 3.39. The minimum absolute atomic E-state index is 0.0723. The first kappa shape index (κ1) is 19.8. The van der Waals surface area contributed by atoms with Gasteiger partial charge < -0.3 is 10.5 Å². The van der Waals surface area contributed by atoms with E-state index in [1.165, 1.54) is 16.2 Å². The SMILES string of the molecule is CN1OC2(CC(C3CCc4ccccc43)Oc3ccc(-c4cccc(C#N)c4)cc32)N=C1N. The first-order valence-electron chi connectivity index (χ1n) is 11.2. The molecule has 3 atom stereocenters. The van der Waals surface area contributed by atoms with E-state index in [1.54, 1.807) is 13.1 Å². The van der Waals surface area contributed by atoms with Crippen molar-refractivity contribution in [2.75, 3.05) is 7.05 Å². The van der Waals surface area contributed by atoms with Gasteiger partial charge in [-0.3, -0.25) is 0 Å². The molecule has 0 radical (unpaired) electrons. The fraction of sp³-hybridized carbons (Fsp3) is 0.259. The highest BCUT2D eigenvalue weighted by Crippen LogP contribution is 2.51. The van der Waals surface area contributed by atoms with Gasteiger partial charge in [0.15, 0.2) is 0 Å². The third kappa shape index (κ3) is 3.16. The van der Waals surface area contributed by atoms with E-state index in [4.69, 9.17) is 20.3 Å². The van der Waals surface area contributed by atoms with Gasteiger partial charge in [-0.15, -0.1) is 0 Å². The number of ether oxygens (including phenoxy) is 1. The van der Waals surface area contributed by atoms with Crippen LogP contribution in [0.1, 0.15) is 41.0 Å². The Bertz CT molecular complexity index is 1330. The fourth-order valence-corrected chi connectivity index (χ4v) is 5.42. The Hall–Kier alpha value is -3.82. The molecule has 1 spiro atoms. The third-order valence-electron chi connectivity index (χ3n) is 7.02. The van der Waals surface area contributed by atoms with Gasteiger partial charge in [-0.25, -0.2) is 14.9 Å². The maximum Gasteiger partial charge on any atom is 0.221 e. The van der Waals surface area contributed by atoms with Crippen LogP contribution in [0.25, 0.3) is 11.1 Å². The zero-order valence-corrected chi connectivity index (χ0v) is 18.4. The molecule has 33 heavy (non-hydrogen) atoms. The minimum Gasteiger partial charge on any atom is -0.489 e. The Morgan fingerprint density at radius 1 is 1.09 bits per heavy atom. The molecule has 2 aliphatic heterocycles. The number of hydroxylamine groups is 2. The Labute approximate surface area is 192 Å². The number of hydrogen-bond donors (Lipinski definition) is 1. The van der Waals surface area contributed by atoms with Crippen LogP contribution in [0.4, 0.5) is 0 Å². The van der Waals surface area contributed by atoms with Gasteiger partial charge >= 0.3 is 0 Å². The lowest BCUT2D eigenvalue weighted by molar-refractivity contribution is -0.192. The number of aliphatic imine (C=N–C) groups is 1. The molecule has 0 bridgehead atoms. The molecule has 6 heteroatoms. The molecule has 0 amide bonds. The van der Waals surface area contributed by atoms with Crippen molar-refractivity contribution in [1.82, 2.24) is 5.06 Å². The Balaban J connectivity index is 1.44. The number of nitriles is 1. The van der Waals surface area contributed by atoms with Gasteiger partial charge in [0.05, 0.1) is 17.2 Å². The number of hydrogen-bond acceptors (Lipinski definition) is 6. The summed E-state index contributed by atoms with van der Waals surface area (Å²) < 4.78 is 6.60. The van der Waals surface area contributed by atoms with Gasteiger partial charge in [0.2, 0.25) is 11.7 Å². The monoisotopic (exact) mass is 436 g/mol. The van der Waals surface area contributed by atoms with Crippen LogP contribution in [-0.2, 0) is 17.0 Å². The molecular formula is C27H24N4O2. The Morgan fingerprint density at radius 3 is 2.76 bits per heavy atom. The number of aryl methyl sites for hydroxylation is 1. The van der Waals surface area contributed by atoms with Gasteiger partial charge in [-0.1, -0.05) is 42.5 Å². The summed E-state index contributed by atoms with van der Waals surface area (Å²) in [5.41, 5.74) is 11.4. The van der Waals surface area contributed by atoms with E-state index in [9.17, 15) is 5.26 Å². The van der Waals surface area contributed by atoms with Crippen LogP contribution >= 0.6 is 0 Å². The highest BCUT2D eigenvalue weighted by molar-refractivity contribution is 5.79. The van der Waals surface area contributed by atoms with Crippen LogP contribution in [0.5, 0.6) is 5.75 Å².